The van der Waals surface area contributed by atoms with Crippen molar-refractivity contribution in [3.8, 4) is 17.4 Å². The van der Waals surface area contributed by atoms with Crippen molar-refractivity contribution in [2.75, 3.05) is 7.11 Å². The van der Waals surface area contributed by atoms with E-state index in [0.29, 0.717) is 27.6 Å². The summed E-state index contributed by atoms with van der Waals surface area (Å²) in [5.41, 5.74) is 3.18. The van der Waals surface area contributed by atoms with Gasteiger partial charge in [0.15, 0.2) is 11.5 Å². The molecule has 0 aliphatic carbocycles. The number of hydrogen-bond acceptors (Lipinski definition) is 7. The van der Waals surface area contributed by atoms with Crippen molar-refractivity contribution in [3.63, 3.8) is 0 Å². The van der Waals surface area contributed by atoms with Gasteiger partial charge in [0.25, 0.3) is 11.6 Å². The van der Waals surface area contributed by atoms with Crippen molar-refractivity contribution in [2.24, 2.45) is 5.10 Å². The number of hydrogen-bond donors (Lipinski definition) is 1. The van der Waals surface area contributed by atoms with E-state index in [4.69, 9.17) is 32.7 Å². The van der Waals surface area contributed by atoms with E-state index in [0.717, 1.165) is 6.20 Å². The molecular formula is C20H14Cl2N4O5. The number of carbonyl (C=O) groups excluding carboxylic acids is 1. The lowest BCUT2D eigenvalue weighted by Crippen LogP contribution is -2.17. The summed E-state index contributed by atoms with van der Waals surface area (Å²) in [7, 11) is 1.46. The third kappa shape index (κ3) is 5.68. The summed E-state index contributed by atoms with van der Waals surface area (Å²) in [6.45, 7) is 0. The maximum atomic E-state index is 12.1. The molecule has 11 heteroatoms. The van der Waals surface area contributed by atoms with E-state index >= 15 is 0 Å². The Labute approximate surface area is 186 Å². The second-order valence-electron chi connectivity index (χ2n) is 5.95. The van der Waals surface area contributed by atoms with E-state index in [1.54, 1.807) is 18.2 Å². The molecule has 1 heterocycles. The molecule has 0 spiro atoms. The molecule has 2 aromatic carbocycles. The Morgan fingerprint density at radius 2 is 1.94 bits per heavy atom. The number of carbonyl (C=O) groups is 1. The minimum atomic E-state index is -0.550. The first kappa shape index (κ1) is 22.0. The zero-order chi connectivity index (χ0) is 22.4. The quantitative estimate of drug-likeness (QED) is 0.305. The SMILES string of the molecule is COc1cc(/C=N\NC(=O)c2ccc(Cl)c(Cl)c2)ccc1Oc1ccc([N+](=O)[O-])cn1. The molecule has 158 valence electrons. The first-order chi connectivity index (χ1) is 14.9. The smallest absolute Gasteiger partial charge is 0.287 e. The van der Waals surface area contributed by atoms with Gasteiger partial charge in [0.05, 0.1) is 28.3 Å². The fourth-order valence-corrected chi connectivity index (χ4v) is 2.67. The van der Waals surface area contributed by atoms with Crippen molar-refractivity contribution >= 4 is 41.0 Å². The summed E-state index contributed by atoms with van der Waals surface area (Å²) >= 11 is 11.7. The molecule has 1 N–H and O–H groups in total. The Balaban J connectivity index is 1.68. The summed E-state index contributed by atoms with van der Waals surface area (Å²) in [4.78, 5) is 26.2. The van der Waals surface area contributed by atoms with Gasteiger partial charge >= 0.3 is 0 Å². The maximum Gasteiger partial charge on any atom is 0.287 e. The van der Waals surface area contributed by atoms with Crippen LogP contribution in [0.5, 0.6) is 17.4 Å². The lowest BCUT2D eigenvalue weighted by Gasteiger charge is -2.10. The Hall–Kier alpha value is -3.69. The highest BCUT2D eigenvalue weighted by molar-refractivity contribution is 6.42. The zero-order valence-electron chi connectivity index (χ0n) is 15.9. The normalized spacial score (nSPS) is 10.7. The number of nitrogens with one attached hydrogen (secondary N) is 1. The fourth-order valence-electron chi connectivity index (χ4n) is 2.37. The molecule has 0 saturated carbocycles. The van der Waals surface area contributed by atoms with Gasteiger partial charge in [-0.15, -0.1) is 0 Å². The summed E-state index contributed by atoms with van der Waals surface area (Å²) in [5.74, 6) is 0.436. The van der Waals surface area contributed by atoms with Crippen molar-refractivity contribution in [3.05, 3.63) is 86.0 Å². The summed E-state index contributed by atoms with van der Waals surface area (Å²) in [6.07, 6.45) is 2.52. The van der Waals surface area contributed by atoms with E-state index in [-0.39, 0.29) is 16.6 Å². The first-order valence-corrected chi connectivity index (χ1v) is 9.38. The molecule has 0 aliphatic rings. The Kier molecular flexibility index (Phi) is 7.01. The molecule has 3 rings (SSSR count). The number of halogens is 2. The molecule has 0 unspecified atom stereocenters. The summed E-state index contributed by atoms with van der Waals surface area (Å²) in [5, 5.41) is 15.2. The molecule has 9 nitrogen and oxygen atoms in total. The number of pyridine rings is 1. The van der Waals surface area contributed by atoms with Crippen LogP contribution in [-0.4, -0.2) is 29.1 Å². The predicted molar refractivity (Wildman–Crippen MR) is 115 cm³/mol. The first-order valence-electron chi connectivity index (χ1n) is 8.62. The van der Waals surface area contributed by atoms with Crippen LogP contribution in [0.1, 0.15) is 15.9 Å². The van der Waals surface area contributed by atoms with Gasteiger partial charge in [-0.1, -0.05) is 23.2 Å². The number of rotatable bonds is 7. The number of aromatic nitrogens is 1. The van der Waals surface area contributed by atoms with Gasteiger partial charge < -0.3 is 9.47 Å². The number of nitro groups is 1. The van der Waals surface area contributed by atoms with Crippen LogP contribution in [0, 0.1) is 10.1 Å². The van der Waals surface area contributed by atoms with Gasteiger partial charge in [0, 0.05) is 17.7 Å². The molecule has 0 bridgehead atoms. The third-order valence-electron chi connectivity index (χ3n) is 3.90. The average Bonchev–Trinajstić information content (AvgIpc) is 2.76. The molecule has 1 aromatic heterocycles. The molecule has 0 radical (unpaired) electrons. The van der Waals surface area contributed by atoms with Crippen LogP contribution in [0.3, 0.4) is 0 Å². The van der Waals surface area contributed by atoms with Crippen LogP contribution in [-0.2, 0) is 0 Å². The monoisotopic (exact) mass is 460 g/mol. The topological polar surface area (TPSA) is 116 Å². The molecule has 0 aliphatic heterocycles. The van der Waals surface area contributed by atoms with Crippen LogP contribution >= 0.6 is 23.2 Å². The van der Waals surface area contributed by atoms with E-state index in [9.17, 15) is 14.9 Å². The predicted octanol–water partition coefficient (Wildman–Crippen LogP) is 4.86. The molecule has 0 atom stereocenters. The number of ether oxygens (including phenoxy) is 2. The molecular weight excluding hydrogens is 447 g/mol. The number of nitrogens with zero attached hydrogens (tertiary/aromatic N) is 3. The average molecular weight is 461 g/mol. The fraction of sp³-hybridized carbons (Fsp3) is 0.0500. The summed E-state index contributed by atoms with van der Waals surface area (Å²) < 4.78 is 10.9. The van der Waals surface area contributed by atoms with Crippen LogP contribution in [0.15, 0.2) is 59.8 Å². The zero-order valence-corrected chi connectivity index (χ0v) is 17.4. The third-order valence-corrected chi connectivity index (χ3v) is 4.63. The van der Waals surface area contributed by atoms with Gasteiger partial charge in [0.1, 0.15) is 6.20 Å². The molecule has 0 fully saturated rings. The van der Waals surface area contributed by atoms with E-state index < -0.39 is 10.8 Å². The van der Waals surface area contributed by atoms with Gasteiger partial charge in [-0.05, 0) is 42.0 Å². The highest BCUT2D eigenvalue weighted by Gasteiger charge is 2.11. The second kappa shape index (κ2) is 9.88. The van der Waals surface area contributed by atoms with E-state index in [1.165, 1.54) is 43.7 Å². The summed E-state index contributed by atoms with van der Waals surface area (Å²) in [6, 6.07) is 12.1. The Bertz CT molecular complexity index is 1150. The Morgan fingerprint density at radius 1 is 1.13 bits per heavy atom. The van der Waals surface area contributed by atoms with Gasteiger partial charge in [-0.25, -0.2) is 10.4 Å². The number of benzene rings is 2. The number of methoxy groups -OCH3 is 1. The van der Waals surface area contributed by atoms with Gasteiger partial charge in [0.2, 0.25) is 5.88 Å². The van der Waals surface area contributed by atoms with E-state index in [1.807, 2.05) is 0 Å². The largest absolute Gasteiger partial charge is 0.493 e. The van der Waals surface area contributed by atoms with Crippen molar-refractivity contribution in [2.45, 2.75) is 0 Å². The minimum Gasteiger partial charge on any atom is -0.493 e. The van der Waals surface area contributed by atoms with Crippen molar-refractivity contribution < 1.29 is 19.2 Å². The van der Waals surface area contributed by atoms with Crippen molar-refractivity contribution in [1.82, 2.24) is 10.4 Å². The highest BCUT2D eigenvalue weighted by Crippen LogP contribution is 2.31. The maximum absolute atomic E-state index is 12.1. The van der Waals surface area contributed by atoms with Crippen LogP contribution < -0.4 is 14.9 Å². The van der Waals surface area contributed by atoms with Crippen LogP contribution in [0.2, 0.25) is 10.0 Å². The molecule has 3 aromatic rings. The van der Waals surface area contributed by atoms with E-state index in [2.05, 4.69) is 15.5 Å². The minimum absolute atomic E-state index is 0.145. The molecule has 31 heavy (non-hydrogen) atoms. The van der Waals surface area contributed by atoms with Crippen LogP contribution in [0.25, 0.3) is 0 Å². The Morgan fingerprint density at radius 3 is 2.58 bits per heavy atom. The molecule has 0 saturated heterocycles. The molecule has 1 amide bonds. The highest BCUT2D eigenvalue weighted by atomic mass is 35.5. The number of amides is 1. The lowest BCUT2D eigenvalue weighted by atomic mass is 10.2. The second-order valence-corrected chi connectivity index (χ2v) is 6.77. The van der Waals surface area contributed by atoms with Crippen molar-refractivity contribution in [1.29, 1.82) is 0 Å². The van der Waals surface area contributed by atoms with Crippen LogP contribution in [0.4, 0.5) is 5.69 Å². The van der Waals surface area contributed by atoms with Gasteiger partial charge in [-0.2, -0.15) is 5.10 Å². The lowest BCUT2D eigenvalue weighted by molar-refractivity contribution is -0.385. The number of hydrazone groups is 1. The van der Waals surface area contributed by atoms with Gasteiger partial charge in [-0.3, -0.25) is 14.9 Å². The standard InChI is InChI=1S/C20H14Cl2N4O5/c1-30-18-8-12(10-24-25-20(27)13-3-5-15(21)16(22)9-13)2-6-17(18)31-19-7-4-14(11-23-19)26(28)29/h2-11H,1H3,(H,25,27)/b24-10-.